The van der Waals surface area contributed by atoms with Crippen LogP contribution in [0.15, 0.2) is 61.0 Å². The summed E-state index contributed by atoms with van der Waals surface area (Å²) in [6.45, 7) is 1.77. The number of halogens is 4. The lowest BCUT2D eigenvalue weighted by Crippen LogP contribution is -2.43. The quantitative estimate of drug-likeness (QED) is 0.231. The SMILES string of the molecule is CN(c1nc(OC[C@@]23CCCN2C[C@H](F)C3)nc2c(F)c(-c3cccc(F)c3C3CC3)ncc12)[C@@H]1CCN(C(=O)/C(F)=C/N2C=CC=CN2)C1. The van der Waals surface area contributed by atoms with E-state index in [-0.39, 0.29) is 42.3 Å². The third kappa shape index (κ3) is 5.92. The zero-order valence-corrected chi connectivity index (χ0v) is 27.7. The van der Waals surface area contributed by atoms with Gasteiger partial charge < -0.3 is 20.0 Å². The molecule has 4 aliphatic heterocycles. The average Bonchev–Trinajstić information content (AvgIpc) is 3.55. The van der Waals surface area contributed by atoms with Crippen LogP contribution in [0.2, 0.25) is 0 Å². The van der Waals surface area contributed by atoms with E-state index in [1.807, 2.05) is 4.90 Å². The first-order valence-corrected chi connectivity index (χ1v) is 17.1. The van der Waals surface area contributed by atoms with Crippen molar-refractivity contribution in [2.75, 3.05) is 44.7 Å². The molecule has 4 fully saturated rings. The maximum Gasteiger partial charge on any atom is 0.319 e. The topological polar surface area (TPSA) is 90.0 Å². The molecule has 6 heterocycles. The number of benzene rings is 1. The molecule has 0 bridgehead atoms. The van der Waals surface area contributed by atoms with Crippen LogP contribution in [0.4, 0.5) is 23.4 Å². The van der Waals surface area contributed by atoms with Crippen molar-refractivity contribution in [2.24, 2.45) is 0 Å². The number of ether oxygens (including phenoxy) is 1. The minimum absolute atomic E-state index is 0.00515. The Morgan fingerprint density at radius 1 is 1.16 bits per heavy atom. The fourth-order valence-electron chi connectivity index (χ4n) is 7.92. The summed E-state index contributed by atoms with van der Waals surface area (Å²) in [5, 5.41) is 1.65. The van der Waals surface area contributed by atoms with E-state index in [0.717, 1.165) is 38.4 Å². The zero-order valence-electron chi connectivity index (χ0n) is 27.7. The van der Waals surface area contributed by atoms with Crippen molar-refractivity contribution >= 4 is 22.6 Å². The highest BCUT2D eigenvalue weighted by Gasteiger charge is 2.49. The monoisotopic (exact) mass is 690 g/mol. The Hall–Kier alpha value is -4.72. The Bertz CT molecular complexity index is 1920. The normalized spacial score (nSPS) is 25.0. The lowest BCUT2D eigenvalue weighted by Gasteiger charge is -2.31. The summed E-state index contributed by atoms with van der Waals surface area (Å²) in [5.74, 6) is -2.46. The van der Waals surface area contributed by atoms with Crippen LogP contribution < -0.4 is 15.1 Å². The first kappa shape index (κ1) is 32.5. The molecule has 0 unspecified atom stereocenters. The summed E-state index contributed by atoms with van der Waals surface area (Å²) in [6, 6.07) is 4.23. The Labute approximate surface area is 287 Å². The van der Waals surface area contributed by atoms with Crippen molar-refractivity contribution in [1.82, 2.24) is 35.2 Å². The number of hydrogen-bond donors (Lipinski definition) is 1. The number of nitrogens with one attached hydrogen (secondary N) is 1. The molecule has 10 nitrogen and oxygen atoms in total. The van der Waals surface area contributed by atoms with E-state index in [4.69, 9.17) is 9.72 Å². The van der Waals surface area contributed by atoms with Gasteiger partial charge in [0.2, 0.25) is 5.83 Å². The van der Waals surface area contributed by atoms with Crippen LogP contribution in [0.3, 0.4) is 0 Å². The Kier molecular flexibility index (Phi) is 8.36. The molecule has 1 amide bonds. The van der Waals surface area contributed by atoms with E-state index in [9.17, 15) is 13.6 Å². The van der Waals surface area contributed by atoms with Gasteiger partial charge in [-0.25, -0.2) is 13.2 Å². The number of likely N-dealkylation sites (N-methyl/N-ethyl adjacent to an activating group) is 1. The van der Waals surface area contributed by atoms with E-state index in [1.165, 1.54) is 22.2 Å². The van der Waals surface area contributed by atoms with Gasteiger partial charge in [0.25, 0.3) is 5.91 Å². The van der Waals surface area contributed by atoms with Gasteiger partial charge in [0.05, 0.1) is 17.1 Å². The fourth-order valence-corrected chi connectivity index (χ4v) is 7.92. The van der Waals surface area contributed by atoms with Crippen LogP contribution >= 0.6 is 0 Å². The number of allylic oxidation sites excluding steroid dienone is 2. The molecular formula is C36H38F4N8O2. The Morgan fingerprint density at radius 3 is 2.82 bits per heavy atom. The molecule has 8 rings (SSSR count). The van der Waals surface area contributed by atoms with Gasteiger partial charge in [-0.15, -0.1) is 0 Å². The van der Waals surface area contributed by atoms with Gasteiger partial charge in [-0.2, -0.15) is 14.4 Å². The molecule has 262 valence electrons. The number of carbonyl (C=O) groups excluding carboxylic acids is 1. The van der Waals surface area contributed by atoms with Crippen molar-refractivity contribution < 1.29 is 27.1 Å². The Morgan fingerprint density at radius 2 is 2.02 bits per heavy atom. The maximum absolute atomic E-state index is 16.7. The molecule has 3 aromatic rings. The summed E-state index contributed by atoms with van der Waals surface area (Å²) < 4.78 is 67.4. The highest BCUT2D eigenvalue weighted by Crippen LogP contribution is 2.46. The second-order valence-corrected chi connectivity index (χ2v) is 13.9. The van der Waals surface area contributed by atoms with Crippen molar-refractivity contribution in [1.29, 1.82) is 0 Å². The number of fused-ring (bicyclic) bond motifs is 2. The third-order valence-electron chi connectivity index (χ3n) is 10.6. The number of anilines is 1. The minimum atomic E-state index is -0.951. The fraction of sp³-hybridized carbons (Fsp3) is 0.444. The summed E-state index contributed by atoms with van der Waals surface area (Å²) in [6.07, 6.45) is 12.4. The van der Waals surface area contributed by atoms with Crippen molar-refractivity contribution in [3.63, 3.8) is 0 Å². The number of rotatable bonds is 9. The minimum Gasteiger partial charge on any atom is -0.461 e. The number of carbonyl (C=O) groups is 1. The molecule has 1 aliphatic carbocycles. The van der Waals surface area contributed by atoms with E-state index >= 15 is 8.78 Å². The second-order valence-electron chi connectivity index (χ2n) is 13.9. The number of aromatic nitrogens is 3. The van der Waals surface area contributed by atoms with Gasteiger partial charge in [0.1, 0.15) is 35.6 Å². The number of pyridine rings is 1. The molecule has 2 aromatic heterocycles. The van der Waals surface area contributed by atoms with Crippen molar-refractivity contribution in [3.05, 3.63) is 78.2 Å². The Balaban J connectivity index is 1.12. The van der Waals surface area contributed by atoms with Crippen LogP contribution in [0.1, 0.15) is 50.0 Å². The smallest absolute Gasteiger partial charge is 0.319 e. The van der Waals surface area contributed by atoms with Gasteiger partial charge >= 0.3 is 6.01 Å². The predicted molar refractivity (Wildman–Crippen MR) is 179 cm³/mol. The van der Waals surface area contributed by atoms with E-state index in [0.29, 0.717) is 48.3 Å². The zero-order chi connectivity index (χ0) is 34.6. The molecule has 5 aliphatic rings. The van der Waals surface area contributed by atoms with Gasteiger partial charge in [0, 0.05) is 68.9 Å². The standard InChI is InChI=1S/C36H38F4N8O2/c1-45(24-10-15-46(19-24)34(49)28(39)20-48-14-3-2-12-42-48)33-26-17-41-31(25-6-4-7-27(38)29(25)22-8-9-22)30(40)32(26)43-35(44-33)50-21-36-11-5-13-47(36)18-23(37)16-36/h2-4,6-7,12,14,17,20,22-24,42H,5,8-11,13,15-16,18-19,21H2,1H3/b28-20-/t23-,24-,36+/m1/s1. The highest BCUT2D eigenvalue weighted by atomic mass is 19.1. The van der Waals surface area contributed by atoms with Crippen molar-refractivity contribution in [2.45, 2.75) is 62.2 Å². The highest BCUT2D eigenvalue weighted by molar-refractivity contribution is 5.93. The molecule has 0 radical (unpaired) electrons. The third-order valence-corrected chi connectivity index (χ3v) is 10.6. The second kappa shape index (κ2) is 12.9. The number of nitrogens with zero attached hydrogens (tertiary/aromatic N) is 7. The summed E-state index contributed by atoms with van der Waals surface area (Å²) >= 11 is 0. The predicted octanol–water partition coefficient (Wildman–Crippen LogP) is 5.50. The van der Waals surface area contributed by atoms with Gasteiger partial charge in [-0.1, -0.05) is 12.1 Å². The number of hydrogen-bond acceptors (Lipinski definition) is 9. The number of likely N-dealkylation sites (tertiary alicyclic amines) is 1. The molecule has 1 N–H and O–H groups in total. The largest absolute Gasteiger partial charge is 0.461 e. The first-order chi connectivity index (χ1) is 24.2. The molecule has 3 saturated heterocycles. The number of amides is 1. The molecule has 3 atom stereocenters. The van der Waals surface area contributed by atoms with Crippen LogP contribution in [0, 0.1) is 11.6 Å². The lowest BCUT2D eigenvalue weighted by molar-refractivity contribution is -0.127. The molecule has 14 heteroatoms. The van der Waals surface area contributed by atoms with E-state index < -0.39 is 35.1 Å². The summed E-state index contributed by atoms with van der Waals surface area (Å²) in [7, 11) is 1.77. The van der Waals surface area contributed by atoms with Crippen molar-refractivity contribution in [3.8, 4) is 17.3 Å². The number of alkyl halides is 1. The van der Waals surface area contributed by atoms with Gasteiger partial charge in [-0.05, 0) is 62.8 Å². The van der Waals surface area contributed by atoms with E-state index in [2.05, 4.69) is 20.3 Å². The summed E-state index contributed by atoms with van der Waals surface area (Å²) in [5.41, 5.74) is 3.11. The average molecular weight is 691 g/mol. The van der Waals surface area contributed by atoms with Gasteiger partial charge in [0.15, 0.2) is 5.82 Å². The summed E-state index contributed by atoms with van der Waals surface area (Å²) in [4.78, 5) is 32.2. The van der Waals surface area contributed by atoms with Crippen LogP contribution in [-0.4, -0.2) is 93.3 Å². The van der Waals surface area contributed by atoms with Crippen LogP contribution in [-0.2, 0) is 4.79 Å². The van der Waals surface area contributed by atoms with Crippen LogP contribution in [0.25, 0.3) is 22.2 Å². The lowest BCUT2D eigenvalue weighted by atomic mass is 9.95. The maximum atomic E-state index is 16.7. The van der Waals surface area contributed by atoms with E-state index in [1.54, 1.807) is 43.7 Å². The number of hydrazine groups is 1. The van der Waals surface area contributed by atoms with Crippen LogP contribution in [0.5, 0.6) is 6.01 Å². The molecule has 1 aromatic carbocycles. The van der Waals surface area contributed by atoms with Gasteiger partial charge in [-0.3, -0.25) is 19.7 Å². The molecule has 1 saturated carbocycles. The first-order valence-electron chi connectivity index (χ1n) is 17.1. The molecule has 0 spiro atoms. The molecular weight excluding hydrogens is 652 g/mol. The molecule has 50 heavy (non-hydrogen) atoms.